The number of nitrogens with zero attached hydrogens (tertiary/aromatic N) is 1. The molecule has 2 aromatic carbocycles. The number of benzene rings is 2. The van der Waals surface area contributed by atoms with Gasteiger partial charge in [-0.25, -0.2) is 9.37 Å². The van der Waals surface area contributed by atoms with E-state index in [0.29, 0.717) is 10.7 Å². The number of aromatic nitrogens is 1. The van der Waals surface area contributed by atoms with Gasteiger partial charge < -0.3 is 25.2 Å². The second-order valence-corrected chi connectivity index (χ2v) is 13.9. The van der Waals surface area contributed by atoms with E-state index in [0.717, 1.165) is 54.5 Å². The van der Waals surface area contributed by atoms with E-state index in [9.17, 15) is 14.3 Å². The van der Waals surface area contributed by atoms with Crippen molar-refractivity contribution in [2.45, 2.75) is 83.1 Å². The van der Waals surface area contributed by atoms with Crippen LogP contribution in [0.3, 0.4) is 0 Å². The maximum atomic E-state index is 14.0. The van der Waals surface area contributed by atoms with Gasteiger partial charge in [0.1, 0.15) is 28.9 Å². The third kappa shape index (κ3) is 7.96. The Morgan fingerprint density at radius 3 is 2.66 bits per heavy atom. The predicted molar refractivity (Wildman–Crippen MR) is 170 cm³/mol. The van der Waals surface area contributed by atoms with Crippen LogP contribution in [0.5, 0.6) is 5.75 Å². The molecule has 3 N–H and O–H groups in total. The number of fused-ring (bicyclic) bond motifs is 1. The van der Waals surface area contributed by atoms with Crippen LogP contribution in [0, 0.1) is 11.2 Å². The molecule has 236 valence electrons. The van der Waals surface area contributed by atoms with E-state index in [4.69, 9.17) is 21.1 Å². The minimum atomic E-state index is -0.945. The molecule has 1 aliphatic carbocycles. The van der Waals surface area contributed by atoms with Gasteiger partial charge in [0, 0.05) is 43.4 Å². The summed E-state index contributed by atoms with van der Waals surface area (Å²) in [4.78, 5) is 16.7. The molecule has 0 bridgehead atoms. The van der Waals surface area contributed by atoms with Crippen LogP contribution in [-0.2, 0) is 22.4 Å². The van der Waals surface area contributed by atoms with E-state index in [-0.39, 0.29) is 48.4 Å². The molecule has 0 radical (unpaired) electrons. The molecule has 9 heteroatoms. The summed E-state index contributed by atoms with van der Waals surface area (Å²) < 4.78 is 25.8. The van der Waals surface area contributed by atoms with Gasteiger partial charge in [0.15, 0.2) is 0 Å². The Labute approximate surface area is 264 Å². The van der Waals surface area contributed by atoms with Crippen molar-refractivity contribution >= 4 is 17.5 Å². The minimum Gasteiger partial charge on any atom is -0.486 e. The number of aliphatic hydroxyl groups is 1. The van der Waals surface area contributed by atoms with Gasteiger partial charge in [-0.3, -0.25) is 4.79 Å². The molecule has 2 aliphatic rings. The summed E-state index contributed by atoms with van der Waals surface area (Å²) in [7, 11) is 1.44. The molecule has 3 aromatic rings. The average molecular weight is 624 g/mol. The third-order valence-corrected chi connectivity index (χ3v) is 8.70. The first-order valence-corrected chi connectivity index (χ1v) is 15.7. The molecule has 5 rings (SSSR count). The summed E-state index contributed by atoms with van der Waals surface area (Å²) in [6.45, 7) is 6.75. The van der Waals surface area contributed by atoms with E-state index in [1.54, 1.807) is 18.3 Å². The van der Waals surface area contributed by atoms with Crippen LogP contribution in [0.4, 0.5) is 4.39 Å². The number of carbonyl (C=O) groups is 1. The smallest absolute Gasteiger partial charge is 0.246 e. The number of ether oxygens (including phenoxy) is 2. The molecule has 1 aromatic heterocycles. The van der Waals surface area contributed by atoms with Crippen molar-refractivity contribution in [2.75, 3.05) is 20.3 Å². The molecule has 2 heterocycles. The van der Waals surface area contributed by atoms with E-state index in [1.807, 2.05) is 12.1 Å². The first kappa shape index (κ1) is 32.4. The molecule has 0 unspecified atom stereocenters. The number of hydrogen-bond acceptors (Lipinski definition) is 6. The number of amides is 1. The zero-order valence-electron chi connectivity index (χ0n) is 26.0. The number of nitrogens with one attached hydrogen (secondary N) is 2. The summed E-state index contributed by atoms with van der Waals surface area (Å²) in [5.41, 5.74) is 4.64. The van der Waals surface area contributed by atoms with Crippen molar-refractivity contribution in [3.8, 4) is 16.9 Å². The van der Waals surface area contributed by atoms with Crippen molar-refractivity contribution in [2.24, 2.45) is 5.41 Å². The van der Waals surface area contributed by atoms with Crippen LogP contribution in [0.1, 0.15) is 69.2 Å². The molecule has 44 heavy (non-hydrogen) atoms. The van der Waals surface area contributed by atoms with E-state index >= 15 is 0 Å². The maximum absolute atomic E-state index is 14.0. The van der Waals surface area contributed by atoms with Crippen LogP contribution in [0.25, 0.3) is 11.1 Å². The van der Waals surface area contributed by atoms with Gasteiger partial charge >= 0.3 is 0 Å². The van der Waals surface area contributed by atoms with Crippen molar-refractivity contribution in [3.05, 3.63) is 82.4 Å². The topological polar surface area (TPSA) is 92.7 Å². The Kier molecular flexibility index (Phi) is 9.95. The quantitative estimate of drug-likeness (QED) is 0.220. The summed E-state index contributed by atoms with van der Waals surface area (Å²) in [6.07, 6.45) is 5.70. The van der Waals surface area contributed by atoms with Gasteiger partial charge in [0.05, 0.1) is 12.1 Å². The molecule has 7 nitrogen and oxygen atoms in total. The molecular weight excluding hydrogens is 581 g/mol. The standard InChI is InChI=1S/C35H43ClFN3O4/c1-34(2,3)18-23-14-26(24-9-12-38-31(36)17-24)33-27(15-23)29(19-35(44-33)10-6-11-35)39-20-30(41)28(40-32(42)21-43-4)16-22-7-5-8-25(37)13-22/h5,7-9,12-15,17,28-30,39,41H,6,10-11,16,18-21H2,1-4H3,(H,40,42)/t28-,29-,30+/m0/s1. The zero-order valence-corrected chi connectivity index (χ0v) is 26.7. The summed E-state index contributed by atoms with van der Waals surface area (Å²) >= 11 is 6.33. The summed E-state index contributed by atoms with van der Waals surface area (Å²) in [6, 6.07) is 13.7. The Bertz CT molecular complexity index is 1470. The highest BCUT2D eigenvalue weighted by molar-refractivity contribution is 6.29. The molecule has 0 saturated heterocycles. The maximum Gasteiger partial charge on any atom is 0.246 e. The van der Waals surface area contributed by atoms with Crippen LogP contribution >= 0.6 is 11.6 Å². The zero-order chi connectivity index (χ0) is 31.5. The first-order chi connectivity index (χ1) is 20.9. The highest BCUT2D eigenvalue weighted by atomic mass is 35.5. The lowest BCUT2D eigenvalue weighted by Gasteiger charge is -2.49. The first-order valence-electron chi connectivity index (χ1n) is 15.4. The number of carbonyl (C=O) groups excluding carboxylic acids is 1. The van der Waals surface area contributed by atoms with Crippen molar-refractivity contribution < 1.29 is 23.8 Å². The molecule has 1 amide bonds. The predicted octanol–water partition coefficient (Wildman–Crippen LogP) is 6.20. The van der Waals surface area contributed by atoms with Crippen molar-refractivity contribution in [1.82, 2.24) is 15.6 Å². The number of aliphatic hydroxyl groups excluding tert-OH is 1. The van der Waals surface area contributed by atoms with E-state index < -0.39 is 12.1 Å². The Morgan fingerprint density at radius 1 is 1.20 bits per heavy atom. The van der Waals surface area contributed by atoms with E-state index in [2.05, 4.69) is 48.5 Å². The van der Waals surface area contributed by atoms with Crippen molar-refractivity contribution in [1.29, 1.82) is 0 Å². The number of rotatable bonds is 11. The Morgan fingerprint density at radius 2 is 2.00 bits per heavy atom. The van der Waals surface area contributed by atoms with Crippen LogP contribution in [0.15, 0.2) is 54.7 Å². The van der Waals surface area contributed by atoms with Gasteiger partial charge in [-0.2, -0.15) is 0 Å². The van der Waals surface area contributed by atoms with Gasteiger partial charge in [-0.05, 0) is 84.5 Å². The lowest BCUT2D eigenvalue weighted by atomic mass is 9.72. The fourth-order valence-corrected chi connectivity index (χ4v) is 6.54. The number of pyridine rings is 1. The second kappa shape index (κ2) is 13.5. The lowest BCUT2D eigenvalue weighted by molar-refractivity contribution is -0.126. The number of hydrogen-bond donors (Lipinski definition) is 3. The Balaban J connectivity index is 1.46. The third-order valence-electron chi connectivity index (χ3n) is 8.49. The van der Waals surface area contributed by atoms with Crippen LogP contribution < -0.4 is 15.4 Å². The van der Waals surface area contributed by atoms with Gasteiger partial charge in [0.25, 0.3) is 0 Å². The molecule has 1 fully saturated rings. The summed E-state index contributed by atoms with van der Waals surface area (Å²) in [5, 5.41) is 18.4. The van der Waals surface area contributed by atoms with Gasteiger partial charge in [-0.15, -0.1) is 0 Å². The van der Waals surface area contributed by atoms with Crippen LogP contribution in [0.2, 0.25) is 5.15 Å². The fraction of sp³-hybridized carbons (Fsp3) is 0.486. The minimum absolute atomic E-state index is 0.0653. The molecular formula is C35H43ClFN3O4. The molecule has 3 atom stereocenters. The second-order valence-electron chi connectivity index (χ2n) is 13.5. The van der Waals surface area contributed by atoms with Gasteiger partial charge in [-0.1, -0.05) is 50.6 Å². The van der Waals surface area contributed by atoms with E-state index in [1.165, 1.54) is 24.8 Å². The summed E-state index contributed by atoms with van der Waals surface area (Å²) in [5.74, 6) is 0.136. The molecule has 1 spiro atoms. The fourth-order valence-electron chi connectivity index (χ4n) is 6.37. The highest BCUT2D eigenvalue weighted by Gasteiger charge is 2.46. The number of methoxy groups -OCH3 is 1. The molecule has 1 saturated carbocycles. The monoisotopic (exact) mass is 623 g/mol. The normalized spacial score (nSPS) is 18.6. The molecule has 1 aliphatic heterocycles. The van der Waals surface area contributed by atoms with Gasteiger partial charge in [0.2, 0.25) is 5.91 Å². The lowest BCUT2D eigenvalue weighted by Crippen LogP contribution is -2.52. The Hall–Kier alpha value is -3.04. The SMILES string of the molecule is COCC(=O)N[C@@H](Cc1cccc(F)c1)[C@H](O)CN[C@H]1CC2(CCC2)Oc2c(-c3ccnc(Cl)c3)cc(CC(C)(C)C)cc21. The largest absolute Gasteiger partial charge is 0.486 e. The van der Waals surface area contributed by atoms with Crippen molar-refractivity contribution in [3.63, 3.8) is 0 Å². The average Bonchev–Trinajstić information content (AvgIpc) is 2.93. The van der Waals surface area contributed by atoms with Crippen LogP contribution in [-0.4, -0.2) is 54.0 Å². The highest BCUT2D eigenvalue weighted by Crippen LogP contribution is 2.52. The number of halogens is 2.